The Hall–Kier alpha value is -3.27. The molecule has 10 heteroatoms. The van der Waals surface area contributed by atoms with Crippen molar-refractivity contribution >= 4 is 38.9 Å². The largest absolute Gasteiger partial charge is 0.493 e. The summed E-state index contributed by atoms with van der Waals surface area (Å²) in [6.45, 7) is 2.17. The number of primary amides is 1. The average molecular weight is 461 g/mol. The van der Waals surface area contributed by atoms with E-state index < -0.39 is 27.6 Å². The Balaban J connectivity index is 1.49. The number of benzene rings is 2. The highest BCUT2D eigenvalue weighted by atomic mass is 32.2. The van der Waals surface area contributed by atoms with E-state index in [-0.39, 0.29) is 13.0 Å². The van der Waals surface area contributed by atoms with Crippen LogP contribution in [0.25, 0.3) is 0 Å². The topological polar surface area (TPSA) is 131 Å². The molecule has 0 atom stereocenters. The maximum absolute atomic E-state index is 12.4. The third kappa shape index (κ3) is 7.45. The highest BCUT2D eigenvalue weighted by Crippen LogP contribution is 2.22. The maximum atomic E-state index is 12.4. The van der Waals surface area contributed by atoms with Crippen molar-refractivity contribution in [1.29, 1.82) is 0 Å². The summed E-state index contributed by atoms with van der Waals surface area (Å²) >= 11 is 0. The molecule has 1 aliphatic heterocycles. The van der Waals surface area contributed by atoms with Crippen molar-refractivity contribution in [2.45, 2.75) is 25.7 Å². The minimum absolute atomic E-state index is 0.102. The van der Waals surface area contributed by atoms with Crippen LogP contribution in [-0.2, 0) is 19.6 Å². The number of nitrogens with two attached hydrogens (primary N) is 1. The van der Waals surface area contributed by atoms with Crippen LogP contribution in [0.4, 0.5) is 17.1 Å². The van der Waals surface area contributed by atoms with E-state index in [1.54, 1.807) is 36.4 Å². The summed E-state index contributed by atoms with van der Waals surface area (Å²) in [5.41, 5.74) is 6.95. The second-order valence-corrected chi connectivity index (χ2v) is 9.32. The van der Waals surface area contributed by atoms with Gasteiger partial charge in [-0.1, -0.05) is 0 Å². The Morgan fingerprint density at radius 3 is 2.19 bits per heavy atom. The zero-order valence-electron chi connectivity index (χ0n) is 17.7. The van der Waals surface area contributed by atoms with Crippen LogP contribution in [0.5, 0.6) is 5.75 Å². The van der Waals surface area contributed by atoms with E-state index >= 15 is 0 Å². The number of ether oxygens (including phenoxy) is 1. The van der Waals surface area contributed by atoms with Gasteiger partial charge in [-0.05, 0) is 67.8 Å². The van der Waals surface area contributed by atoms with Gasteiger partial charge >= 0.3 is 0 Å². The molecule has 1 heterocycles. The number of carbonyl (C=O) groups is 2. The Kier molecular flexibility index (Phi) is 7.93. The highest BCUT2D eigenvalue weighted by Gasteiger charge is 2.17. The summed E-state index contributed by atoms with van der Waals surface area (Å²) in [6.07, 6.45) is 3.67. The predicted octanol–water partition coefficient (Wildman–Crippen LogP) is 2.31. The number of rotatable bonds is 10. The zero-order chi connectivity index (χ0) is 23.0. The lowest BCUT2D eigenvalue weighted by molar-refractivity contribution is -0.118. The molecule has 2 aromatic rings. The van der Waals surface area contributed by atoms with Crippen LogP contribution in [-0.4, -0.2) is 45.7 Å². The Labute approximate surface area is 188 Å². The van der Waals surface area contributed by atoms with Gasteiger partial charge in [0.1, 0.15) is 11.5 Å². The molecule has 3 rings (SSSR count). The number of hydrogen-bond donors (Lipinski definition) is 3. The molecule has 0 unspecified atom stereocenters. The number of nitrogens with zero attached hydrogens (tertiary/aromatic N) is 1. The molecule has 0 bridgehead atoms. The molecular formula is C22H28N4O5S. The third-order valence-electron chi connectivity index (χ3n) is 4.94. The van der Waals surface area contributed by atoms with Crippen molar-refractivity contribution in [1.82, 2.24) is 0 Å². The molecule has 1 saturated heterocycles. The highest BCUT2D eigenvalue weighted by molar-refractivity contribution is 7.93. The fourth-order valence-corrected chi connectivity index (χ4v) is 4.37. The molecule has 0 radical (unpaired) electrons. The molecule has 32 heavy (non-hydrogen) atoms. The molecule has 0 aromatic heterocycles. The first-order valence-corrected chi connectivity index (χ1v) is 12.1. The van der Waals surface area contributed by atoms with Crippen LogP contribution in [0.2, 0.25) is 0 Å². The van der Waals surface area contributed by atoms with Crippen LogP contribution in [0.1, 0.15) is 25.7 Å². The number of amides is 2. The minimum Gasteiger partial charge on any atom is -0.493 e. The van der Waals surface area contributed by atoms with Crippen LogP contribution >= 0.6 is 0 Å². The SMILES string of the molecule is NC(=O)CCOc1ccc(NC(=O)CS(=O)(=O)Nc2ccc(N3CCCCC3)cc2)cc1. The lowest BCUT2D eigenvalue weighted by Crippen LogP contribution is -2.29. The zero-order valence-corrected chi connectivity index (χ0v) is 18.6. The number of piperidine rings is 1. The van der Waals surface area contributed by atoms with E-state index in [9.17, 15) is 18.0 Å². The van der Waals surface area contributed by atoms with Gasteiger partial charge in [0.05, 0.1) is 13.0 Å². The van der Waals surface area contributed by atoms with Crippen molar-refractivity contribution in [2.75, 3.05) is 40.4 Å². The van der Waals surface area contributed by atoms with Crippen LogP contribution < -0.4 is 25.4 Å². The molecule has 1 fully saturated rings. The van der Waals surface area contributed by atoms with Crippen molar-refractivity contribution in [3.05, 3.63) is 48.5 Å². The Morgan fingerprint density at radius 1 is 0.938 bits per heavy atom. The van der Waals surface area contributed by atoms with Gasteiger partial charge in [0, 0.05) is 30.2 Å². The van der Waals surface area contributed by atoms with Crippen molar-refractivity contribution in [3.8, 4) is 5.75 Å². The molecule has 0 spiro atoms. The molecule has 1 aliphatic rings. The van der Waals surface area contributed by atoms with E-state index in [0.29, 0.717) is 17.1 Å². The van der Waals surface area contributed by atoms with E-state index in [2.05, 4.69) is 14.9 Å². The molecule has 0 aliphatic carbocycles. The van der Waals surface area contributed by atoms with E-state index in [1.807, 2.05) is 12.1 Å². The van der Waals surface area contributed by atoms with Crippen LogP contribution in [0, 0.1) is 0 Å². The molecule has 4 N–H and O–H groups in total. The quantitative estimate of drug-likeness (QED) is 0.499. The molecule has 0 saturated carbocycles. The number of nitrogens with one attached hydrogen (secondary N) is 2. The van der Waals surface area contributed by atoms with E-state index in [1.165, 1.54) is 6.42 Å². The van der Waals surface area contributed by atoms with Gasteiger partial charge in [0.15, 0.2) is 0 Å². The van der Waals surface area contributed by atoms with Crippen molar-refractivity contribution in [3.63, 3.8) is 0 Å². The summed E-state index contributed by atoms with van der Waals surface area (Å²) in [5, 5.41) is 2.54. The maximum Gasteiger partial charge on any atom is 0.241 e. The molecule has 9 nitrogen and oxygen atoms in total. The van der Waals surface area contributed by atoms with Gasteiger partial charge in [-0.25, -0.2) is 8.42 Å². The summed E-state index contributed by atoms with van der Waals surface area (Å²) in [4.78, 5) is 25.2. The van der Waals surface area contributed by atoms with Gasteiger partial charge in [0.2, 0.25) is 21.8 Å². The summed E-state index contributed by atoms with van der Waals surface area (Å²) in [6, 6.07) is 13.5. The van der Waals surface area contributed by atoms with Crippen molar-refractivity contribution in [2.24, 2.45) is 5.73 Å². The lowest BCUT2D eigenvalue weighted by Gasteiger charge is -2.28. The molecular weight excluding hydrogens is 432 g/mol. The standard InChI is InChI=1S/C22H28N4O5S/c23-21(27)12-15-31-20-10-6-17(7-11-20)24-22(28)16-32(29,30)25-18-4-8-19(9-5-18)26-13-2-1-3-14-26/h4-11,25H,1-3,12-16H2,(H2,23,27)(H,24,28). The normalized spacial score (nSPS) is 13.9. The summed E-state index contributed by atoms with van der Waals surface area (Å²) in [5.74, 6) is -1.32. The fraction of sp³-hybridized carbons (Fsp3) is 0.364. The third-order valence-corrected chi connectivity index (χ3v) is 6.13. The second kappa shape index (κ2) is 10.9. The first-order valence-electron chi connectivity index (χ1n) is 10.5. The van der Waals surface area contributed by atoms with Crippen LogP contribution in [0.3, 0.4) is 0 Å². The van der Waals surface area contributed by atoms with Crippen LogP contribution in [0.15, 0.2) is 48.5 Å². The van der Waals surface area contributed by atoms with Crippen molar-refractivity contribution < 1.29 is 22.7 Å². The monoisotopic (exact) mass is 460 g/mol. The first kappa shape index (κ1) is 23.4. The van der Waals surface area contributed by atoms with Gasteiger partial charge < -0.3 is 20.7 Å². The number of anilines is 3. The Morgan fingerprint density at radius 2 is 1.56 bits per heavy atom. The number of carbonyl (C=O) groups excluding carboxylic acids is 2. The summed E-state index contributed by atoms with van der Waals surface area (Å²) < 4.78 is 32.5. The average Bonchev–Trinajstić information content (AvgIpc) is 2.75. The molecule has 172 valence electrons. The van der Waals surface area contributed by atoms with E-state index in [4.69, 9.17) is 10.5 Å². The minimum atomic E-state index is -3.86. The summed E-state index contributed by atoms with van der Waals surface area (Å²) in [7, 11) is -3.86. The lowest BCUT2D eigenvalue weighted by atomic mass is 10.1. The fourth-order valence-electron chi connectivity index (χ4n) is 3.38. The number of sulfonamides is 1. The molecule has 2 amide bonds. The first-order chi connectivity index (χ1) is 15.3. The van der Waals surface area contributed by atoms with Gasteiger partial charge in [-0.2, -0.15) is 0 Å². The van der Waals surface area contributed by atoms with Gasteiger partial charge in [0.25, 0.3) is 0 Å². The number of hydrogen-bond acceptors (Lipinski definition) is 6. The predicted molar refractivity (Wildman–Crippen MR) is 124 cm³/mol. The smallest absolute Gasteiger partial charge is 0.241 e. The van der Waals surface area contributed by atoms with E-state index in [0.717, 1.165) is 31.6 Å². The van der Waals surface area contributed by atoms with Gasteiger partial charge in [-0.15, -0.1) is 0 Å². The van der Waals surface area contributed by atoms with Gasteiger partial charge in [-0.3, -0.25) is 14.3 Å². The molecule has 2 aromatic carbocycles. The second-order valence-electron chi connectivity index (χ2n) is 7.59. The Bertz CT molecular complexity index is 1020.